The molecule has 1 aromatic rings. The first-order chi connectivity index (χ1) is 13.8. The van der Waals surface area contributed by atoms with Crippen LogP contribution in [0.4, 0.5) is 0 Å². The Bertz CT molecular complexity index is 615. The van der Waals surface area contributed by atoms with Crippen molar-refractivity contribution in [2.24, 2.45) is 0 Å². The normalized spacial score (nSPS) is 22.8. The molecule has 4 rings (SSSR count). The Morgan fingerprint density at radius 3 is 1.46 bits per heavy atom. The van der Waals surface area contributed by atoms with Gasteiger partial charge in [-0.15, -0.1) is 0 Å². The molecule has 3 radical (unpaired) electrons. The molecule has 0 amide bonds. The Kier molecular flexibility index (Phi) is 7.22. The fraction of sp³-hybridized carbons (Fsp3) is 0.750. The molecule has 0 bridgehead atoms. The second-order valence-corrected chi connectivity index (χ2v) is 9.44. The summed E-state index contributed by atoms with van der Waals surface area (Å²) in [5.41, 5.74) is 0. The van der Waals surface area contributed by atoms with Gasteiger partial charge in [-0.05, 0) is 88.3 Å². The van der Waals surface area contributed by atoms with Crippen molar-refractivity contribution in [1.29, 1.82) is 0 Å². The maximum Gasteiger partial charge on any atom is 0.203 e. The summed E-state index contributed by atoms with van der Waals surface area (Å²) in [6.07, 6.45) is 19.3. The van der Waals surface area contributed by atoms with Crippen LogP contribution in [0.3, 0.4) is 0 Å². The van der Waals surface area contributed by atoms with Crippen molar-refractivity contribution in [3.63, 3.8) is 0 Å². The highest BCUT2D eigenvalue weighted by atomic mass is 28.1. The number of ether oxygens (including phenoxy) is 3. The third kappa shape index (κ3) is 5.25. The summed E-state index contributed by atoms with van der Waals surface area (Å²) in [5.74, 6) is 2.59. The third-order valence-electron chi connectivity index (χ3n) is 6.60. The maximum absolute atomic E-state index is 6.60. The van der Waals surface area contributed by atoms with Gasteiger partial charge in [0.1, 0.15) is 0 Å². The Labute approximate surface area is 173 Å². The van der Waals surface area contributed by atoms with Gasteiger partial charge in [0, 0.05) is 0 Å². The Balaban J connectivity index is 1.58. The van der Waals surface area contributed by atoms with Crippen LogP contribution in [0, 0.1) is 0 Å². The molecule has 3 fully saturated rings. The highest BCUT2D eigenvalue weighted by molar-refractivity contribution is 6.34. The van der Waals surface area contributed by atoms with E-state index in [-0.39, 0.29) is 6.10 Å². The highest BCUT2D eigenvalue weighted by Gasteiger charge is 2.26. The zero-order valence-corrected chi connectivity index (χ0v) is 18.2. The molecule has 153 valence electrons. The van der Waals surface area contributed by atoms with Gasteiger partial charge in [0.25, 0.3) is 0 Å². The Morgan fingerprint density at radius 2 is 0.964 bits per heavy atom. The summed E-state index contributed by atoms with van der Waals surface area (Å²) < 4.78 is 19.6. The lowest BCUT2D eigenvalue weighted by Gasteiger charge is -2.30. The van der Waals surface area contributed by atoms with E-state index in [2.05, 4.69) is 22.4 Å². The average molecular weight is 400 g/mol. The number of hydrogen-bond acceptors (Lipinski definition) is 3. The van der Waals surface area contributed by atoms with Gasteiger partial charge in [-0.2, -0.15) is 0 Å². The first kappa shape index (κ1) is 20.1. The zero-order valence-electron chi connectivity index (χ0n) is 17.2. The molecule has 3 nitrogen and oxygen atoms in total. The SMILES string of the molecule is [Si]c1ccc(OC2CCCCC2)c(OC2CCCCC2)c1OC1CCCCC1. The quantitative estimate of drug-likeness (QED) is 0.582. The van der Waals surface area contributed by atoms with E-state index in [4.69, 9.17) is 14.2 Å². The Morgan fingerprint density at radius 1 is 0.536 bits per heavy atom. The lowest BCUT2D eigenvalue weighted by atomic mass is 9.97. The molecule has 0 spiro atoms. The Hall–Kier alpha value is -1.16. The molecule has 3 saturated carbocycles. The first-order valence-electron chi connectivity index (χ1n) is 11.7. The molecule has 4 heteroatoms. The van der Waals surface area contributed by atoms with Gasteiger partial charge in [-0.3, -0.25) is 0 Å². The van der Waals surface area contributed by atoms with Crippen molar-refractivity contribution in [3.8, 4) is 17.2 Å². The molecule has 3 aliphatic rings. The number of rotatable bonds is 6. The van der Waals surface area contributed by atoms with Crippen LogP contribution < -0.4 is 19.4 Å². The van der Waals surface area contributed by atoms with E-state index >= 15 is 0 Å². The second kappa shape index (κ2) is 10.0. The molecule has 28 heavy (non-hydrogen) atoms. The molecule has 0 unspecified atom stereocenters. The van der Waals surface area contributed by atoms with E-state index < -0.39 is 0 Å². The summed E-state index contributed by atoms with van der Waals surface area (Å²) >= 11 is 0. The van der Waals surface area contributed by atoms with Crippen molar-refractivity contribution in [2.45, 2.75) is 115 Å². The maximum atomic E-state index is 6.60. The van der Waals surface area contributed by atoms with Gasteiger partial charge in [0.05, 0.1) is 28.6 Å². The van der Waals surface area contributed by atoms with E-state index in [1.807, 2.05) is 0 Å². The molecule has 1 aromatic carbocycles. The molecule has 0 aromatic heterocycles. The van der Waals surface area contributed by atoms with Crippen LogP contribution in [0.1, 0.15) is 96.3 Å². The number of benzene rings is 1. The molecule has 0 saturated heterocycles. The van der Waals surface area contributed by atoms with E-state index in [9.17, 15) is 0 Å². The van der Waals surface area contributed by atoms with Gasteiger partial charge >= 0.3 is 0 Å². The van der Waals surface area contributed by atoms with Gasteiger partial charge in [0.15, 0.2) is 11.5 Å². The summed E-state index contributed by atoms with van der Waals surface area (Å²) in [6.45, 7) is 0. The second-order valence-electron chi connectivity index (χ2n) is 8.90. The smallest absolute Gasteiger partial charge is 0.203 e. The first-order valence-corrected chi connectivity index (χ1v) is 12.2. The van der Waals surface area contributed by atoms with Crippen LogP contribution in [0.2, 0.25) is 0 Å². The molecule has 3 aliphatic carbocycles. The predicted molar refractivity (Wildman–Crippen MR) is 114 cm³/mol. The molecular weight excluding hydrogens is 364 g/mol. The highest BCUT2D eigenvalue weighted by Crippen LogP contribution is 2.41. The van der Waals surface area contributed by atoms with Crippen LogP contribution in [-0.4, -0.2) is 28.6 Å². The van der Waals surface area contributed by atoms with Gasteiger partial charge in [-0.25, -0.2) is 0 Å². The minimum absolute atomic E-state index is 0.282. The van der Waals surface area contributed by atoms with Crippen molar-refractivity contribution in [2.75, 3.05) is 0 Å². The zero-order chi connectivity index (χ0) is 19.2. The van der Waals surface area contributed by atoms with Crippen LogP contribution in [0.15, 0.2) is 12.1 Å². The summed E-state index contributed by atoms with van der Waals surface area (Å²) in [4.78, 5) is 0. The van der Waals surface area contributed by atoms with Crippen LogP contribution in [0.25, 0.3) is 0 Å². The predicted octanol–water partition coefficient (Wildman–Crippen LogP) is 5.61. The minimum atomic E-state index is 0.282. The summed E-state index contributed by atoms with van der Waals surface area (Å²) in [6, 6.07) is 4.14. The van der Waals surface area contributed by atoms with E-state index in [0.717, 1.165) is 61.0 Å². The topological polar surface area (TPSA) is 27.7 Å². The van der Waals surface area contributed by atoms with E-state index in [1.165, 1.54) is 57.8 Å². The molecular formula is C24H35O3Si. The van der Waals surface area contributed by atoms with Crippen LogP contribution >= 0.6 is 0 Å². The van der Waals surface area contributed by atoms with Crippen molar-refractivity contribution in [1.82, 2.24) is 0 Å². The lowest BCUT2D eigenvalue weighted by Crippen LogP contribution is -2.27. The third-order valence-corrected chi connectivity index (χ3v) is 6.99. The molecule has 0 atom stereocenters. The van der Waals surface area contributed by atoms with E-state index in [1.54, 1.807) is 0 Å². The monoisotopic (exact) mass is 399 g/mol. The van der Waals surface area contributed by atoms with Crippen molar-refractivity contribution in [3.05, 3.63) is 12.1 Å². The largest absolute Gasteiger partial charge is 0.487 e. The van der Waals surface area contributed by atoms with Gasteiger partial charge in [0.2, 0.25) is 5.75 Å². The fourth-order valence-electron chi connectivity index (χ4n) is 4.93. The van der Waals surface area contributed by atoms with Gasteiger partial charge < -0.3 is 14.2 Å². The van der Waals surface area contributed by atoms with Crippen molar-refractivity contribution >= 4 is 15.4 Å². The van der Waals surface area contributed by atoms with Crippen molar-refractivity contribution < 1.29 is 14.2 Å². The van der Waals surface area contributed by atoms with Gasteiger partial charge in [-0.1, -0.05) is 25.3 Å². The summed E-state index contributed by atoms with van der Waals surface area (Å²) in [7, 11) is 3.80. The molecule has 0 aliphatic heterocycles. The number of hydrogen-bond donors (Lipinski definition) is 0. The van der Waals surface area contributed by atoms with Crippen LogP contribution in [0.5, 0.6) is 17.2 Å². The molecule has 0 N–H and O–H groups in total. The standard InChI is InChI=1S/C24H35O3Si/c28-22-17-16-21(25-18-10-4-1-5-11-18)23(26-19-12-6-2-7-13-19)24(22)27-20-14-8-3-9-15-20/h16-20H,1-15H2. The van der Waals surface area contributed by atoms with Crippen LogP contribution in [-0.2, 0) is 0 Å². The fourth-order valence-corrected chi connectivity index (χ4v) is 5.18. The van der Waals surface area contributed by atoms with E-state index in [0.29, 0.717) is 12.2 Å². The molecule has 0 heterocycles. The summed E-state index contributed by atoms with van der Waals surface area (Å²) in [5, 5.41) is 0.979. The average Bonchev–Trinajstić information content (AvgIpc) is 2.75. The lowest BCUT2D eigenvalue weighted by molar-refractivity contribution is 0.107. The minimum Gasteiger partial charge on any atom is -0.487 e.